The van der Waals surface area contributed by atoms with Crippen LogP contribution in [0.5, 0.6) is 5.75 Å². The van der Waals surface area contributed by atoms with Crippen LogP contribution in [-0.4, -0.2) is 12.9 Å². The Labute approximate surface area is 122 Å². The zero-order chi connectivity index (χ0) is 14.9. The van der Waals surface area contributed by atoms with Crippen molar-refractivity contribution < 1.29 is 18.3 Å². The lowest BCUT2D eigenvalue weighted by Crippen LogP contribution is -2.07. The van der Waals surface area contributed by atoms with Crippen molar-refractivity contribution in [2.45, 2.75) is 0 Å². The topological polar surface area (TPSA) is 52.3 Å². The van der Waals surface area contributed by atoms with E-state index in [2.05, 4.69) is 15.9 Å². The molecular formula is C14H10BrF2NO2. The lowest BCUT2D eigenvalue weighted by Gasteiger charge is -2.09. The minimum Gasteiger partial charge on any atom is -0.496 e. The molecule has 0 aromatic heterocycles. The summed E-state index contributed by atoms with van der Waals surface area (Å²) in [6.45, 7) is 0. The highest BCUT2D eigenvalue weighted by atomic mass is 79.9. The maximum atomic E-state index is 13.8. The largest absolute Gasteiger partial charge is 0.496 e. The summed E-state index contributed by atoms with van der Waals surface area (Å²) in [6.07, 6.45) is 0. The number of ether oxygens (including phenoxy) is 1. The van der Waals surface area contributed by atoms with Gasteiger partial charge in [-0.25, -0.2) is 8.78 Å². The van der Waals surface area contributed by atoms with Gasteiger partial charge in [0.1, 0.15) is 17.4 Å². The van der Waals surface area contributed by atoms with Crippen LogP contribution in [-0.2, 0) is 0 Å². The van der Waals surface area contributed by atoms with Crippen LogP contribution < -0.4 is 10.5 Å². The molecule has 0 bridgehead atoms. The normalized spacial score (nSPS) is 10.4. The van der Waals surface area contributed by atoms with E-state index in [4.69, 9.17) is 10.5 Å². The molecule has 104 valence electrons. The van der Waals surface area contributed by atoms with Crippen LogP contribution in [0.1, 0.15) is 15.9 Å². The van der Waals surface area contributed by atoms with E-state index in [9.17, 15) is 13.6 Å². The van der Waals surface area contributed by atoms with Crippen molar-refractivity contribution in [3.8, 4) is 5.75 Å². The number of nitrogens with two attached hydrogens (primary N) is 1. The molecule has 3 nitrogen and oxygen atoms in total. The predicted octanol–water partition coefficient (Wildman–Crippen LogP) is 3.55. The van der Waals surface area contributed by atoms with E-state index >= 15 is 0 Å². The SMILES string of the molecule is COc1cc(N)ccc1C(=O)c1cc(F)c(Br)cc1F. The second-order valence-electron chi connectivity index (χ2n) is 4.04. The van der Waals surface area contributed by atoms with E-state index in [1.54, 1.807) is 0 Å². The van der Waals surface area contributed by atoms with Crippen LogP contribution in [0.3, 0.4) is 0 Å². The molecule has 2 aromatic carbocycles. The van der Waals surface area contributed by atoms with E-state index in [0.29, 0.717) is 5.69 Å². The Morgan fingerprint density at radius 3 is 2.50 bits per heavy atom. The van der Waals surface area contributed by atoms with Crippen molar-refractivity contribution in [1.82, 2.24) is 0 Å². The van der Waals surface area contributed by atoms with E-state index in [-0.39, 0.29) is 21.3 Å². The zero-order valence-electron chi connectivity index (χ0n) is 10.4. The van der Waals surface area contributed by atoms with Crippen LogP contribution in [0.2, 0.25) is 0 Å². The molecule has 0 saturated carbocycles. The molecule has 0 atom stereocenters. The number of benzene rings is 2. The third-order valence-electron chi connectivity index (χ3n) is 2.72. The van der Waals surface area contributed by atoms with Gasteiger partial charge in [0.15, 0.2) is 5.78 Å². The number of carbonyl (C=O) groups excluding carboxylic acids is 1. The zero-order valence-corrected chi connectivity index (χ0v) is 12.0. The van der Waals surface area contributed by atoms with Crippen molar-refractivity contribution in [2.75, 3.05) is 12.8 Å². The Hall–Kier alpha value is -1.95. The highest BCUT2D eigenvalue weighted by molar-refractivity contribution is 9.10. The van der Waals surface area contributed by atoms with Gasteiger partial charge in [-0.2, -0.15) is 0 Å². The highest BCUT2D eigenvalue weighted by Gasteiger charge is 2.20. The van der Waals surface area contributed by atoms with Crippen molar-refractivity contribution in [2.24, 2.45) is 0 Å². The average Bonchev–Trinajstić information content (AvgIpc) is 2.42. The van der Waals surface area contributed by atoms with Gasteiger partial charge in [-0.15, -0.1) is 0 Å². The number of carbonyl (C=O) groups is 1. The summed E-state index contributed by atoms with van der Waals surface area (Å²) in [5.74, 6) is -2.00. The number of anilines is 1. The fraction of sp³-hybridized carbons (Fsp3) is 0.0714. The Kier molecular flexibility index (Phi) is 4.04. The maximum Gasteiger partial charge on any atom is 0.199 e. The number of halogens is 3. The first-order valence-corrected chi connectivity index (χ1v) is 6.36. The molecule has 0 fully saturated rings. The molecule has 0 spiro atoms. The third kappa shape index (κ3) is 2.65. The number of nitrogen functional groups attached to an aromatic ring is 1. The minimum atomic E-state index is -0.817. The molecule has 0 radical (unpaired) electrons. The molecule has 2 aromatic rings. The molecule has 0 aliphatic heterocycles. The van der Waals surface area contributed by atoms with Crippen LogP contribution in [0.25, 0.3) is 0 Å². The molecule has 0 saturated heterocycles. The van der Waals surface area contributed by atoms with Crippen molar-refractivity contribution in [1.29, 1.82) is 0 Å². The molecular weight excluding hydrogens is 332 g/mol. The van der Waals surface area contributed by atoms with E-state index in [0.717, 1.165) is 12.1 Å². The fourth-order valence-corrected chi connectivity index (χ4v) is 2.05. The summed E-state index contributed by atoms with van der Waals surface area (Å²) in [5.41, 5.74) is 5.73. The second-order valence-corrected chi connectivity index (χ2v) is 4.89. The molecule has 0 unspecified atom stereocenters. The first kappa shape index (κ1) is 14.5. The Morgan fingerprint density at radius 2 is 1.85 bits per heavy atom. The molecule has 0 aliphatic carbocycles. The highest BCUT2D eigenvalue weighted by Crippen LogP contribution is 2.27. The van der Waals surface area contributed by atoms with Crippen LogP contribution in [0, 0.1) is 11.6 Å². The summed E-state index contributed by atoms with van der Waals surface area (Å²) < 4.78 is 32.3. The summed E-state index contributed by atoms with van der Waals surface area (Å²) in [4.78, 5) is 12.3. The third-order valence-corrected chi connectivity index (χ3v) is 3.33. The standard InChI is InChI=1S/C14H10BrF2NO2/c1-20-13-4-7(18)2-3-8(13)14(19)9-5-12(17)10(15)6-11(9)16/h2-6H,18H2,1H3. The van der Waals surface area contributed by atoms with E-state index in [1.165, 1.54) is 25.3 Å². The first-order chi connectivity index (χ1) is 9.43. The monoisotopic (exact) mass is 341 g/mol. The number of rotatable bonds is 3. The van der Waals surface area contributed by atoms with Gasteiger partial charge in [0, 0.05) is 11.8 Å². The quantitative estimate of drug-likeness (QED) is 0.527. The van der Waals surface area contributed by atoms with Gasteiger partial charge in [-0.3, -0.25) is 4.79 Å². The Balaban J connectivity index is 2.54. The van der Waals surface area contributed by atoms with Crippen molar-refractivity contribution in [3.05, 3.63) is 57.6 Å². The number of hydrogen-bond acceptors (Lipinski definition) is 3. The average molecular weight is 342 g/mol. The van der Waals surface area contributed by atoms with Gasteiger partial charge >= 0.3 is 0 Å². The fourth-order valence-electron chi connectivity index (χ4n) is 1.74. The van der Waals surface area contributed by atoms with E-state index < -0.39 is 17.4 Å². The van der Waals surface area contributed by atoms with Gasteiger partial charge in [0.25, 0.3) is 0 Å². The van der Waals surface area contributed by atoms with E-state index in [1.807, 2.05) is 0 Å². The number of ketones is 1. The van der Waals surface area contributed by atoms with Crippen LogP contribution >= 0.6 is 15.9 Å². The smallest absolute Gasteiger partial charge is 0.199 e. The van der Waals surface area contributed by atoms with Crippen LogP contribution in [0.15, 0.2) is 34.8 Å². The van der Waals surface area contributed by atoms with Gasteiger partial charge in [0.2, 0.25) is 0 Å². The number of hydrogen-bond donors (Lipinski definition) is 1. The summed E-state index contributed by atoms with van der Waals surface area (Å²) in [5, 5.41) is 0. The Morgan fingerprint density at radius 1 is 1.15 bits per heavy atom. The summed E-state index contributed by atoms with van der Waals surface area (Å²) in [6, 6.07) is 6.10. The summed E-state index contributed by atoms with van der Waals surface area (Å²) >= 11 is 2.86. The molecule has 2 N–H and O–H groups in total. The molecule has 0 heterocycles. The Bertz CT molecular complexity index is 689. The van der Waals surface area contributed by atoms with Crippen molar-refractivity contribution >= 4 is 27.4 Å². The molecule has 0 aliphatic rings. The number of methoxy groups -OCH3 is 1. The van der Waals surface area contributed by atoms with Crippen LogP contribution in [0.4, 0.5) is 14.5 Å². The van der Waals surface area contributed by atoms with Gasteiger partial charge < -0.3 is 10.5 Å². The predicted molar refractivity (Wildman–Crippen MR) is 74.9 cm³/mol. The van der Waals surface area contributed by atoms with Gasteiger partial charge in [-0.1, -0.05) is 0 Å². The lowest BCUT2D eigenvalue weighted by atomic mass is 10.0. The molecule has 0 amide bonds. The molecule has 6 heteroatoms. The molecule has 2 rings (SSSR count). The van der Waals surface area contributed by atoms with Gasteiger partial charge in [-0.05, 0) is 40.2 Å². The lowest BCUT2D eigenvalue weighted by molar-refractivity contribution is 0.103. The first-order valence-electron chi connectivity index (χ1n) is 5.56. The van der Waals surface area contributed by atoms with Crippen molar-refractivity contribution in [3.63, 3.8) is 0 Å². The minimum absolute atomic E-state index is 0.0455. The second kappa shape index (κ2) is 5.58. The maximum absolute atomic E-state index is 13.8. The molecule has 20 heavy (non-hydrogen) atoms. The van der Waals surface area contributed by atoms with Gasteiger partial charge in [0.05, 0.1) is 22.7 Å². The summed E-state index contributed by atoms with van der Waals surface area (Å²) in [7, 11) is 1.37.